The quantitative estimate of drug-likeness (QED) is 0.366. The molecule has 5 aromatic rings. The number of methoxy groups -OCH3 is 1. The zero-order valence-corrected chi connectivity index (χ0v) is 19.9. The van der Waals surface area contributed by atoms with Gasteiger partial charge >= 0.3 is 0 Å². The highest BCUT2D eigenvalue weighted by molar-refractivity contribution is 5.94. The second-order valence-corrected chi connectivity index (χ2v) is 8.66. The van der Waals surface area contributed by atoms with E-state index < -0.39 is 0 Å². The van der Waals surface area contributed by atoms with E-state index in [-0.39, 0.29) is 5.91 Å². The Morgan fingerprint density at radius 2 is 1.69 bits per heavy atom. The SMILES string of the molecule is COc1ccccc1-c1cc2nc(-c3ccccc3)cc(N3CCN(C(=O)c4ccoc4)CC3)n2n1. The number of hydrogen-bond acceptors (Lipinski definition) is 6. The Balaban J connectivity index is 1.39. The fourth-order valence-corrected chi connectivity index (χ4v) is 4.64. The molecular weight excluding hydrogens is 454 g/mol. The van der Waals surface area contributed by atoms with Gasteiger partial charge in [0.05, 0.1) is 30.3 Å². The Morgan fingerprint density at radius 1 is 0.917 bits per heavy atom. The molecule has 0 atom stereocenters. The molecule has 180 valence electrons. The predicted molar refractivity (Wildman–Crippen MR) is 137 cm³/mol. The molecule has 8 heteroatoms. The number of furan rings is 1. The Bertz CT molecular complexity index is 1500. The van der Waals surface area contributed by atoms with Gasteiger partial charge in [-0.1, -0.05) is 42.5 Å². The molecule has 1 saturated heterocycles. The molecule has 36 heavy (non-hydrogen) atoms. The average Bonchev–Trinajstić information content (AvgIpc) is 3.63. The van der Waals surface area contributed by atoms with Crippen LogP contribution in [0.1, 0.15) is 10.4 Å². The van der Waals surface area contributed by atoms with Crippen molar-refractivity contribution in [2.75, 3.05) is 38.2 Å². The summed E-state index contributed by atoms with van der Waals surface area (Å²) in [6.07, 6.45) is 3.02. The third-order valence-corrected chi connectivity index (χ3v) is 6.52. The van der Waals surface area contributed by atoms with Crippen LogP contribution in [0.4, 0.5) is 5.82 Å². The number of nitrogens with zero attached hydrogens (tertiary/aromatic N) is 5. The fraction of sp³-hybridized carbons (Fsp3) is 0.179. The van der Waals surface area contributed by atoms with Crippen LogP contribution in [-0.4, -0.2) is 58.7 Å². The first-order valence-corrected chi connectivity index (χ1v) is 11.9. The number of hydrogen-bond donors (Lipinski definition) is 0. The highest BCUT2D eigenvalue weighted by Crippen LogP contribution is 2.32. The number of benzene rings is 2. The number of para-hydroxylation sites is 1. The fourth-order valence-electron chi connectivity index (χ4n) is 4.64. The number of ether oxygens (including phenoxy) is 1. The molecule has 0 unspecified atom stereocenters. The maximum Gasteiger partial charge on any atom is 0.257 e. The third kappa shape index (κ3) is 3.96. The van der Waals surface area contributed by atoms with Crippen molar-refractivity contribution in [1.29, 1.82) is 0 Å². The van der Waals surface area contributed by atoms with Crippen LogP contribution in [0.3, 0.4) is 0 Å². The lowest BCUT2D eigenvalue weighted by atomic mass is 10.1. The van der Waals surface area contributed by atoms with E-state index in [0.29, 0.717) is 31.7 Å². The number of carbonyl (C=O) groups excluding carboxylic acids is 1. The van der Waals surface area contributed by atoms with Crippen molar-refractivity contribution >= 4 is 17.4 Å². The van der Waals surface area contributed by atoms with Crippen molar-refractivity contribution in [1.82, 2.24) is 19.5 Å². The average molecular weight is 480 g/mol. The molecular formula is C28H25N5O3. The van der Waals surface area contributed by atoms with Crippen LogP contribution < -0.4 is 9.64 Å². The molecule has 0 bridgehead atoms. The number of piperazine rings is 1. The smallest absolute Gasteiger partial charge is 0.257 e. The Hall–Kier alpha value is -4.59. The minimum atomic E-state index is -0.00852. The zero-order valence-electron chi connectivity index (χ0n) is 19.9. The van der Waals surface area contributed by atoms with Crippen LogP contribution in [0.25, 0.3) is 28.2 Å². The first-order chi connectivity index (χ1) is 17.7. The van der Waals surface area contributed by atoms with E-state index in [0.717, 1.165) is 39.7 Å². The summed E-state index contributed by atoms with van der Waals surface area (Å²) in [6, 6.07) is 23.8. The Morgan fingerprint density at radius 3 is 2.44 bits per heavy atom. The van der Waals surface area contributed by atoms with Crippen LogP contribution >= 0.6 is 0 Å². The first-order valence-electron chi connectivity index (χ1n) is 11.9. The summed E-state index contributed by atoms with van der Waals surface area (Å²) < 4.78 is 12.6. The second kappa shape index (κ2) is 9.22. The van der Waals surface area contributed by atoms with E-state index in [4.69, 9.17) is 19.2 Å². The predicted octanol–water partition coefficient (Wildman–Crippen LogP) is 4.63. The number of aromatic nitrogens is 3. The molecule has 1 aliphatic heterocycles. The molecule has 8 nitrogen and oxygen atoms in total. The topological polar surface area (TPSA) is 76.1 Å². The largest absolute Gasteiger partial charge is 0.496 e. The first kappa shape index (κ1) is 21.9. The third-order valence-electron chi connectivity index (χ3n) is 6.52. The van der Waals surface area contributed by atoms with Crippen molar-refractivity contribution in [2.45, 2.75) is 0 Å². The minimum absolute atomic E-state index is 0.00852. The van der Waals surface area contributed by atoms with Gasteiger partial charge in [-0.2, -0.15) is 9.61 Å². The maximum absolute atomic E-state index is 12.8. The van der Waals surface area contributed by atoms with E-state index in [2.05, 4.69) is 23.1 Å². The van der Waals surface area contributed by atoms with Gasteiger partial charge in [0.15, 0.2) is 5.65 Å². The van der Waals surface area contributed by atoms with Gasteiger partial charge in [0.2, 0.25) is 0 Å². The minimum Gasteiger partial charge on any atom is -0.496 e. The van der Waals surface area contributed by atoms with Crippen molar-refractivity contribution < 1.29 is 13.9 Å². The summed E-state index contributed by atoms with van der Waals surface area (Å²) in [5.41, 5.74) is 4.95. The van der Waals surface area contributed by atoms with Gasteiger partial charge in [-0.15, -0.1) is 0 Å². The number of anilines is 1. The van der Waals surface area contributed by atoms with Crippen LogP contribution in [0.15, 0.2) is 89.7 Å². The van der Waals surface area contributed by atoms with E-state index in [9.17, 15) is 4.79 Å². The van der Waals surface area contributed by atoms with Gasteiger partial charge in [-0.05, 0) is 18.2 Å². The Labute approximate surface area is 208 Å². The normalized spacial score (nSPS) is 13.8. The molecule has 1 aliphatic rings. The molecule has 1 fully saturated rings. The molecule has 0 radical (unpaired) electrons. The van der Waals surface area contributed by atoms with E-state index >= 15 is 0 Å². The molecule has 1 amide bonds. The van der Waals surface area contributed by atoms with Gasteiger partial charge in [0, 0.05) is 49.4 Å². The van der Waals surface area contributed by atoms with Crippen LogP contribution in [0, 0.1) is 0 Å². The van der Waals surface area contributed by atoms with Gasteiger partial charge in [-0.25, -0.2) is 4.98 Å². The molecule has 2 aromatic carbocycles. The Kier molecular flexibility index (Phi) is 5.61. The summed E-state index contributed by atoms with van der Waals surface area (Å²) in [5.74, 6) is 1.69. The molecule has 0 saturated carbocycles. The van der Waals surface area contributed by atoms with Crippen molar-refractivity contribution in [3.8, 4) is 28.3 Å². The summed E-state index contributed by atoms with van der Waals surface area (Å²) in [5, 5.41) is 4.94. The lowest BCUT2D eigenvalue weighted by Gasteiger charge is -2.36. The summed E-state index contributed by atoms with van der Waals surface area (Å²) in [4.78, 5) is 21.8. The molecule has 3 aromatic heterocycles. The molecule has 0 N–H and O–H groups in total. The lowest BCUT2D eigenvalue weighted by Crippen LogP contribution is -2.49. The van der Waals surface area contributed by atoms with Crippen molar-refractivity contribution in [2.24, 2.45) is 0 Å². The van der Waals surface area contributed by atoms with Gasteiger partial charge in [0.1, 0.15) is 17.8 Å². The maximum atomic E-state index is 12.8. The summed E-state index contributed by atoms with van der Waals surface area (Å²) in [6.45, 7) is 2.58. The molecule has 0 aliphatic carbocycles. The van der Waals surface area contributed by atoms with Gasteiger partial charge in [-0.3, -0.25) is 4.79 Å². The molecule has 6 rings (SSSR count). The van der Waals surface area contributed by atoms with Gasteiger partial charge < -0.3 is 19.0 Å². The zero-order chi connectivity index (χ0) is 24.5. The number of fused-ring (bicyclic) bond motifs is 1. The van der Waals surface area contributed by atoms with Gasteiger partial charge in [0.25, 0.3) is 5.91 Å². The standard InChI is InChI=1S/C28H25N5O3/c1-35-25-10-6-5-9-22(25)24-17-26-29-23(20-7-3-2-4-8-20)18-27(33(26)30-24)31-12-14-32(15-13-31)28(34)21-11-16-36-19-21/h2-11,16-19H,12-15H2,1H3. The molecule has 0 spiro atoms. The van der Waals surface area contributed by atoms with Crippen molar-refractivity contribution in [3.05, 3.63) is 90.9 Å². The van der Waals surface area contributed by atoms with E-state index in [1.165, 1.54) is 12.5 Å². The monoisotopic (exact) mass is 479 g/mol. The molecule has 4 heterocycles. The number of carbonyl (C=O) groups is 1. The highest BCUT2D eigenvalue weighted by atomic mass is 16.5. The lowest BCUT2D eigenvalue weighted by molar-refractivity contribution is 0.0745. The van der Waals surface area contributed by atoms with Crippen molar-refractivity contribution in [3.63, 3.8) is 0 Å². The number of amides is 1. The summed E-state index contributed by atoms with van der Waals surface area (Å²) >= 11 is 0. The summed E-state index contributed by atoms with van der Waals surface area (Å²) in [7, 11) is 1.66. The van der Waals surface area contributed by atoms with Crippen LogP contribution in [0.2, 0.25) is 0 Å². The van der Waals surface area contributed by atoms with Crippen LogP contribution in [0.5, 0.6) is 5.75 Å². The highest BCUT2D eigenvalue weighted by Gasteiger charge is 2.25. The van der Waals surface area contributed by atoms with E-state index in [1.54, 1.807) is 13.2 Å². The number of rotatable bonds is 5. The van der Waals surface area contributed by atoms with E-state index in [1.807, 2.05) is 57.9 Å². The second-order valence-electron chi connectivity index (χ2n) is 8.66. The van der Waals surface area contributed by atoms with Crippen LogP contribution in [-0.2, 0) is 0 Å².